The lowest BCUT2D eigenvalue weighted by Crippen LogP contribution is -2.37. The van der Waals surface area contributed by atoms with Crippen LogP contribution in [-0.4, -0.2) is 32.2 Å². The lowest BCUT2D eigenvalue weighted by Gasteiger charge is -2.15. The first kappa shape index (κ1) is 16.1. The third-order valence-electron chi connectivity index (χ3n) is 3.35. The van der Waals surface area contributed by atoms with Gasteiger partial charge in [-0.1, -0.05) is 25.5 Å². The Morgan fingerprint density at radius 3 is 2.86 bits per heavy atom. The zero-order valence-corrected chi connectivity index (χ0v) is 13.0. The summed E-state index contributed by atoms with van der Waals surface area (Å²) in [6.45, 7) is 5.72. The second-order valence-corrected chi connectivity index (χ2v) is 5.32. The number of nitrogens with one attached hydrogen (secondary N) is 1. The Morgan fingerprint density at radius 1 is 1.41 bits per heavy atom. The van der Waals surface area contributed by atoms with Crippen LogP contribution in [0.1, 0.15) is 39.7 Å². The largest absolute Gasteiger partial charge is 0.352 e. The first-order valence-electron chi connectivity index (χ1n) is 7.37. The molecule has 22 heavy (non-hydrogen) atoms. The molecule has 0 spiro atoms. The normalized spacial score (nSPS) is 13.6. The Balaban J connectivity index is 2.09. The van der Waals surface area contributed by atoms with E-state index >= 15 is 0 Å². The van der Waals surface area contributed by atoms with Crippen molar-refractivity contribution in [3.05, 3.63) is 30.1 Å². The molecule has 7 heteroatoms. The van der Waals surface area contributed by atoms with Crippen LogP contribution < -0.4 is 5.32 Å². The molecule has 118 valence electrons. The molecule has 1 aromatic heterocycles. The molecule has 2 aromatic rings. The number of amides is 1. The predicted molar refractivity (Wildman–Crippen MR) is 80.4 cm³/mol. The van der Waals surface area contributed by atoms with E-state index in [-0.39, 0.29) is 17.8 Å². The van der Waals surface area contributed by atoms with Crippen molar-refractivity contribution < 1.29 is 9.18 Å². The highest BCUT2D eigenvalue weighted by atomic mass is 19.1. The molecular formula is C15H20FN5O. The SMILES string of the molecule is CCCC(C)NC(=O)C(C)n1nnc(-c2cccc(F)c2)n1. The maximum Gasteiger partial charge on any atom is 0.246 e. The van der Waals surface area contributed by atoms with Gasteiger partial charge in [-0.25, -0.2) is 4.39 Å². The lowest BCUT2D eigenvalue weighted by molar-refractivity contribution is -0.125. The van der Waals surface area contributed by atoms with Crippen molar-refractivity contribution in [1.29, 1.82) is 0 Å². The average Bonchev–Trinajstić information content (AvgIpc) is 2.96. The van der Waals surface area contributed by atoms with Crippen molar-refractivity contribution in [1.82, 2.24) is 25.5 Å². The number of carbonyl (C=O) groups is 1. The Morgan fingerprint density at radius 2 is 2.18 bits per heavy atom. The molecular weight excluding hydrogens is 285 g/mol. The molecule has 1 N–H and O–H groups in total. The van der Waals surface area contributed by atoms with Crippen LogP contribution in [0.2, 0.25) is 0 Å². The van der Waals surface area contributed by atoms with Gasteiger partial charge in [0.25, 0.3) is 0 Å². The van der Waals surface area contributed by atoms with E-state index in [1.807, 2.05) is 6.92 Å². The minimum atomic E-state index is -0.575. The van der Waals surface area contributed by atoms with Crippen LogP contribution in [0.25, 0.3) is 11.4 Å². The van der Waals surface area contributed by atoms with Crippen molar-refractivity contribution in [3.8, 4) is 11.4 Å². The Hall–Kier alpha value is -2.31. The number of halogens is 1. The lowest BCUT2D eigenvalue weighted by atomic mass is 10.2. The molecule has 0 saturated heterocycles. The van der Waals surface area contributed by atoms with Crippen LogP contribution in [-0.2, 0) is 4.79 Å². The maximum atomic E-state index is 13.2. The van der Waals surface area contributed by atoms with E-state index in [4.69, 9.17) is 0 Å². The van der Waals surface area contributed by atoms with Crippen molar-refractivity contribution in [2.24, 2.45) is 0 Å². The van der Waals surface area contributed by atoms with Crippen molar-refractivity contribution >= 4 is 5.91 Å². The summed E-state index contributed by atoms with van der Waals surface area (Å²) < 4.78 is 13.2. The van der Waals surface area contributed by atoms with Crippen LogP contribution in [0.5, 0.6) is 0 Å². The first-order chi connectivity index (χ1) is 10.5. The van der Waals surface area contributed by atoms with Gasteiger partial charge in [-0.3, -0.25) is 4.79 Å². The van der Waals surface area contributed by atoms with E-state index in [0.29, 0.717) is 11.4 Å². The molecule has 2 atom stereocenters. The van der Waals surface area contributed by atoms with Crippen molar-refractivity contribution in [2.45, 2.75) is 45.7 Å². The summed E-state index contributed by atoms with van der Waals surface area (Å²) in [6, 6.07) is 5.47. The second-order valence-electron chi connectivity index (χ2n) is 5.32. The number of hydrogen-bond donors (Lipinski definition) is 1. The smallest absolute Gasteiger partial charge is 0.246 e. The molecule has 0 saturated carbocycles. The minimum Gasteiger partial charge on any atom is -0.352 e. The van der Waals surface area contributed by atoms with Gasteiger partial charge in [0.15, 0.2) is 0 Å². The maximum absolute atomic E-state index is 13.2. The number of aromatic nitrogens is 4. The molecule has 1 aromatic carbocycles. The summed E-state index contributed by atoms with van der Waals surface area (Å²) in [6.07, 6.45) is 1.92. The number of carbonyl (C=O) groups excluding carboxylic acids is 1. The van der Waals surface area contributed by atoms with E-state index < -0.39 is 6.04 Å². The third-order valence-corrected chi connectivity index (χ3v) is 3.35. The number of rotatable bonds is 6. The molecule has 0 bridgehead atoms. The summed E-state index contributed by atoms with van der Waals surface area (Å²) in [5.74, 6) is -0.238. The van der Waals surface area contributed by atoms with Crippen LogP contribution in [0.3, 0.4) is 0 Å². The van der Waals surface area contributed by atoms with Gasteiger partial charge in [-0.15, -0.1) is 10.2 Å². The monoisotopic (exact) mass is 305 g/mol. The fraction of sp³-hybridized carbons (Fsp3) is 0.467. The van der Waals surface area contributed by atoms with Crippen molar-refractivity contribution in [2.75, 3.05) is 0 Å². The highest BCUT2D eigenvalue weighted by Gasteiger charge is 2.20. The first-order valence-corrected chi connectivity index (χ1v) is 7.37. The topological polar surface area (TPSA) is 72.7 Å². The van der Waals surface area contributed by atoms with Gasteiger partial charge in [-0.2, -0.15) is 4.80 Å². The van der Waals surface area contributed by atoms with Gasteiger partial charge in [0.2, 0.25) is 11.7 Å². The fourth-order valence-electron chi connectivity index (χ4n) is 2.11. The van der Waals surface area contributed by atoms with E-state index in [9.17, 15) is 9.18 Å². The minimum absolute atomic E-state index is 0.103. The summed E-state index contributed by atoms with van der Waals surface area (Å²) >= 11 is 0. The molecule has 0 aliphatic carbocycles. The quantitative estimate of drug-likeness (QED) is 0.889. The van der Waals surface area contributed by atoms with Gasteiger partial charge < -0.3 is 5.32 Å². The molecule has 6 nitrogen and oxygen atoms in total. The summed E-state index contributed by atoms with van der Waals surface area (Å²) in [7, 11) is 0. The van der Waals surface area contributed by atoms with E-state index in [1.165, 1.54) is 16.9 Å². The molecule has 2 unspecified atom stereocenters. The third kappa shape index (κ3) is 3.87. The molecule has 0 radical (unpaired) electrons. The van der Waals surface area contributed by atoms with Gasteiger partial charge >= 0.3 is 0 Å². The van der Waals surface area contributed by atoms with Gasteiger partial charge in [0, 0.05) is 11.6 Å². The summed E-state index contributed by atoms with van der Waals surface area (Å²) in [5, 5.41) is 14.8. The van der Waals surface area contributed by atoms with E-state index in [0.717, 1.165) is 12.8 Å². The zero-order chi connectivity index (χ0) is 16.1. The summed E-state index contributed by atoms with van der Waals surface area (Å²) in [4.78, 5) is 13.4. The molecule has 0 fully saturated rings. The zero-order valence-electron chi connectivity index (χ0n) is 13.0. The molecule has 2 rings (SSSR count). The Bertz CT molecular complexity index is 642. The molecule has 1 amide bonds. The molecule has 1 heterocycles. The highest BCUT2D eigenvalue weighted by molar-refractivity contribution is 5.79. The van der Waals surface area contributed by atoms with Gasteiger partial charge in [0.1, 0.15) is 11.9 Å². The molecule has 0 aliphatic rings. The highest BCUT2D eigenvalue weighted by Crippen LogP contribution is 2.15. The number of hydrogen-bond acceptors (Lipinski definition) is 4. The van der Waals surface area contributed by atoms with E-state index in [1.54, 1.807) is 19.1 Å². The van der Waals surface area contributed by atoms with Gasteiger partial charge in [-0.05, 0) is 37.6 Å². The predicted octanol–water partition coefficient (Wildman–Crippen LogP) is 2.34. The van der Waals surface area contributed by atoms with E-state index in [2.05, 4.69) is 27.7 Å². The Labute approximate surface area is 128 Å². The second kappa shape index (κ2) is 7.11. The van der Waals surface area contributed by atoms with Crippen LogP contribution >= 0.6 is 0 Å². The Kier molecular flexibility index (Phi) is 5.19. The van der Waals surface area contributed by atoms with Crippen LogP contribution in [0, 0.1) is 5.82 Å². The van der Waals surface area contributed by atoms with Gasteiger partial charge in [0.05, 0.1) is 0 Å². The number of tetrazole rings is 1. The standard InChI is InChI=1S/C15H20FN5O/c1-4-6-10(2)17-15(22)11(3)21-19-14(18-20-21)12-7-5-8-13(16)9-12/h5,7-11H,4,6H2,1-3H3,(H,17,22). The number of benzene rings is 1. The summed E-state index contributed by atoms with van der Waals surface area (Å²) in [5.41, 5.74) is 0.526. The fourth-order valence-corrected chi connectivity index (χ4v) is 2.11. The van der Waals surface area contributed by atoms with Crippen LogP contribution in [0.15, 0.2) is 24.3 Å². The van der Waals surface area contributed by atoms with Crippen molar-refractivity contribution in [3.63, 3.8) is 0 Å². The van der Waals surface area contributed by atoms with Crippen LogP contribution in [0.4, 0.5) is 4.39 Å². The molecule has 0 aliphatic heterocycles. The number of nitrogens with zero attached hydrogens (tertiary/aromatic N) is 4. The average molecular weight is 305 g/mol.